The van der Waals surface area contributed by atoms with Gasteiger partial charge in [0.15, 0.2) is 0 Å². The zero-order valence-corrected chi connectivity index (χ0v) is 26.8. The Morgan fingerprint density at radius 2 is 1.74 bits per heavy atom. The maximum absolute atomic E-state index is 13.1. The number of hydrogen-bond acceptors (Lipinski definition) is 9. The lowest BCUT2D eigenvalue weighted by Gasteiger charge is -2.55. The molecule has 2 bridgehead atoms. The Kier molecular flexibility index (Phi) is 9.46. The number of piperazine rings is 3. The number of nitrogens with zero attached hydrogens (tertiary/aromatic N) is 4. The molecular weight excluding hydrogens is 611 g/mol. The molecule has 43 heavy (non-hydrogen) atoms. The smallest absolute Gasteiger partial charge is 0.391 e. The molecule has 3 fully saturated rings. The van der Waals surface area contributed by atoms with E-state index in [9.17, 15) is 17.9 Å². The van der Waals surface area contributed by atoms with E-state index in [0.717, 1.165) is 53.6 Å². The molecule has 15 heteroatoms. The largest absolute Gasteiger partial charge is 0.493 e. The highest BCUT2D eigenvalue weighted by molar-refractivity contribution is 7.92. The summed E-state index contributed by atoms with van der Waals surface area (Å²) in [5.41, 5.74) is 6.41. The zero-order valence-electron chi connectivity index (χ0n) is 24.3. The van der Waals surface area contributed by atoms with Crippen LogP contribution in [0.25, 0.3) is 10.1 Å². The van der Waals surface area contributed by atoms with Gasteiger partial charge in [0.25, 0.3) is 10.0 Å². The van der Waals surface area contributed by atoms with Crippen molar-refractivity contribution >= 4 is 39.0 Å². The molecule has 3 aliphatic heterocycles. The molecule has 1 unspecified atom stereocenters. The molecule has 12 nitrogen and oxygen atoms in total. The van der Waals surface area contributed by atoms with Gasteiger partial charge in [-0.2, -0.15) is 9.98 Å². The summed E-state index contributed by atoms with van der Waals surface area (Å²) in [6.07, 6.45) is 2.36. The van der Waals surface area contributed by atoms with E-state index in [2.05, 4.69) is 9.71 Å². The van der Waals surface area contributed by atoms with Gasteiger partial charge in [0, 0.05) is 22.9 Å². The van der Waals surface area contributed by atoms with Crippen LogP contribution in [0.1, 0.15) is 24.1 Å². The molecule has 0 radical (unpaired) electrons. The molecular formula is C28H39N6O6PS2+2. The van der Waals surface area contributed by atoms with Gasteiger partial charge in [-0.25, -0.2) is 18.0 Å². The Balaban J connectivity index is 1.15. The lowest BCUT2D eigenvalue weighted by Crippen LogP contribution is -2.75. The van der Waals surface area contributed by atoms with Crippen LogP contribution in [0.4, 0.5) is 0 Å². The maximum atomic E-state index is 13.1. The van der Waals surface area contributed by atoms with E-state index in [1.54, 1.807) is 6.92 Å². The second kappa shape index (κ2) is 12.8. The molecule has 0 amide bonds. The third-order valence-corrected chi connectivity index (χ3v) is 13.3. The summed E-state index contributed by atoms with van der Waals surface area (Å²) < 4.78 is 55.4. The number of quaternary nitrogens is 2. The number of thiophene rings is 1. The third-order valence-electron chi connectivity index (χ3n) is 8.69. The van der Waals surface area contributed by atoms with Crippen molar-refractivity contribution in [1.29, 1.82) is 5.26 Å². The Morgan fingerprint density at radius 3 is 2.35 bits per heavy atom. The number of rotatable bonds is 14. The van der Waals surface area contributed by atoms with Crippen molar-refractivity contribution < 1.29 is 36.1 Å². The van der Waals surface area contributed by atoms with Gasteiger partial charge in [0.2, 0.25) is 0 Å². The van der Waals surface area contributed by atoms with Crippen LogP contribution in [0, 0.1) is 18.3 Å². The van der Waals surface area contributed by atoms with Gasteiger partial charge in [-0.15, -0.1) is 11.3 Å². The van der Waals surface area contributed by atoms with Crippen LogP contribution >= 0.6 is 18.9 Å². The Morgan fingerprint density at radius 1 is 1.09 bits per heavy atom. The molecule has 2 aromatic heterocycles. The molecule has 0 saturated carbocycles. The topological polar surface area (TPSA) is 165 Å². The number of aromatic nitrogens is 1. The van der Waals surface area contributed by atoms with Crippen LogP contribution in [-0.4, -0.2) is 99.1 Å². The number of nitrogens with two attached hydrogens (primary N) is 1. The fourth-order valence-corrected chi connectivity index (χ4v) is 10.4. The average molecular weight is 651 g/mol. The lowest BCUT2D eigenvalue weighted by atomic mass is 10.1. The van der Waals surface area contributed by atoms with Gasteiger partial charge in [-0.05, 0) is 49.4 Å². The monoisotopic (exact) mass is 650 g/mol. The van der Waals surface area contributed by atoms with Gasteiger partial charge in [-0.3, -0.25) is 0 Å². The Hall–Kier alpha value is -2.60. The van der Waals surface area contributed by atoms with Crippen molar-refractivity contribution in [3.05, 3.63) is 47.8 Å². The van der Waals surface area contributed by atoms with E-state index in [1.165, 1.54) is 66.9 Å². The third kappa shape index (κ3) is 7.38. The first-order chi connectivity index (χ1) is 20.5. The van der Waals surface area contributed by atoms with E-state index >= 15 is 0 Å². The van der Waals surface area contributed by atoms with Crippen LogP contribution < -0.4 is 19.7 Å². The predicted molar refractivity (Wildman–Crippen MR) is 164 cm³/mol. The van der Waals surface area contributed by atoms with Gasteiger partial charge in [0.05, 0.1) is 25.9 Å². The lowest BCUT2D eigenvalue weighted by molar-refractivity contribution is -1.08. The highest BCUT2D eigenvalue weighted by Crippen LogP contribution is 2.42. The number of aryl methyl sites for hydroxylation is 1. The van der Waals surface area contributed by atoms with Crippen molar-refractivity contribution in [2.45, 2.75) is 24.0 Å². The number of nitrogens with one attached hydrogen (secondary N) is 1. The number of benzene rings is 1. The number of sulfonamides is 1. The van der Waals surface area contributed by atoms with Crippen LogP contribution in [0.3, 0.4) is 0 Å². The van der Waals surface area contributed by atoms with E-state index in [4.69, 9.17) is 20.3 Å². The quantitative estimate of drug-likeness (QED) is 0.135. The minimum Gasteiger partial charge on any atom is -0.493 e. The summed E-state index contributed by atoms with van der Waals surface area (Å²) in [6, 6.07) is 10.0. The van der Waals surface area contributed by atoms with Crippen LogP contribution in [0.2, 0.25) is 0 Å². The van der Waals surface area contributed by atoms with Crippen LogP contribution in [-0.2, 0) is 14.6 Å². The molecule has 232 valence electrons. The summed E-state index contributed by atoms with van der Waals surface area (Å²) in [5.74, 6) is 0.634. The first-order valence-electron chi connectivity index (χ1n) is 14.4. The molecule has 3 aliphatic rings. The van der Waals surface area contributed by atoms with Gasteiger partial charge in [-0.1, -0.05) is 0 Å². The van der Waals surface area contributed by atoms with Gasteiger partial charge in [0.1, 0.15) is 73.0 Å². The van der Waals surface area contributed by atoms with Crippen molar-refractivity contribution in [2.24, 2.45) is 5.73 Å². The predicted octanol–water partition coefficient (Wildman–Crippen LogP) is 2.76. The molecule has 4 N–H and O–H groups in total. The molecule has 0 aliphatic carbocycles. The Labute approximate surface area is 256 Å². The van der Waals surface area contributed by atoms with Crippen LogP contribution in [0.5, 0.6) is 11.5 Å². The summed E-state index contributed by atoms with van der Waals surface area (Å²) in [7, 11) is -8.49. The number of fused-ring (bicyclic) bond motifs is 4. The maximum Gasteiger partial charge on any atom is 0.391 e. The number of ether oxygens (including phenoxy) is 1. The normalized spacial score (nSPS) is 23.1. The molecule has 0 spiro atoms. The average Bonchev–Trinajstić information content (AvgIpc) is 3.35. The fraction of sp³-hybridized carbons (Fsp3) is 0.500. The molecule has 3 saturated heterocycles. The van der Waals surface area contributed by atoms with Crippen molar-refractivity contribution in [2.75, 3.05) is 71.8 Å². The SMILES string of the molecule is Cc1c(S(=O)(=O)NCP(=O)(O)Oc2ccc(C#N)nc2)sc2ccc(OCCC[N+]34CC[N+](CCCN)(CC3)CC4)cc12. The minimum atomic E-state index is -4.39. The van der Waals surface area contributed by atoms with E-state index < -0.39 is 23.9 Å². The van der Waals surface area contributed by atoms with Crippen molar-refractivity contribution in [1.82, 2.24) is 9.71 Å². The van der Waals surface area contributed by atoms with E-state index in [1.807, 2.05) is 24.3 Å². The Bertz CT molecular complexity index is 1630. The molecule has 1 atom stereocenters. The first kappa shape index (κ1) is 31.8. The zero-order chi connectivity index (χ0) is 30.7. The first-order valence-corrected chi connectivity index (χ1v) is 18.5. The standard InChI is InChI=1S/C28H38N6O6PS2/c1-22-26-18-24(39-17-3-10-34-14-11-33(12-15-34,13-16-34)9-2-8-29)6-7-27(26)42-28(22)43(37,38)32-21-41(35,36)40-25-5-4-23(19-30)31-20-25/h4-7,18,20,32H,2-3,8-17,21,29H2,1H3/q+1/p+1. The second-order valence-corrected chi connectivity index (χ2v) is 16.3. The molecule has 6 rings (SSSR count). The number of nitriles is 1. The minimum absolute atomic E-state index is 0.0507. The number of pyridine rings is 1. The van der Waals surface area contributed by atoms with E-state index in [0.29, 0.717) is 17.9 Å². The fourth-order valence-electron chi connectivity index (χ4n) is 6.08. The summed E-state index contributed by atoms with van der Waals surface area (Å²) in [6.45, 7) is 12.8. The second-order valence-electron chi connectivity index (χ2n) is 11.5. The van der Waals surface area contributed by atoms with Gasteiger partial charge < -0.3 is 28.9 Å². The van der Waals surface area contributed by atoms with Crippen LogP contribution in [0.15, 0.2) is 40.7 Å². The molecule has 1 aromatic carbocycles. The number of hydrogen-bond donors (Lipinski definition) is 3. The van der Waals surface area contributed by atoms with Crippen molar-refractivity contribution in [3.63, 3.8) is 0 Å². The summed E-state index contributed by atoms with van der Waals surface area (Å²) in [4.78, 5) is 14.0. The summed E-state index contributed by atoms with van der Waals surface area (Å²) in [5, 5.41) is 9.59. The highest BCUT2D eigenvalue weighted by atomic mass is 32.2. The van der Waals surface area contributed by atoms with Crippen molar-refractivity contribution in [3.8, 4) is 17.6 Å². The van der Waals surface area contributed by atoms with E-state index in [-0.39, 0.29) is 15.7 Å². The highest BCUT2D eigenvalue weighted by Gasteiger charge is 2.48. The molecule has 3 aromatic rings. The van der Waals surface area contributed by atoms with Gasteiger partial charge >= 0.3 is 7.60 Å². The molecule has 5 heterocycles. The summed E-state index contributed by atoms with van der Waals surface area (Å²) >= 11 is 1.09.